The van der Waals surface area contributed by atoms with Crippen molar-refractivity contribution < 1.29 is 41.8 Å². The van der Waals surface area contributed by atoms with E-state index in [4.69, 9.17) is 19.9 Å². The van der Waals surface area contributed by atoms with Gasteiger partial charge in [0.2, 0.25) is 5.91 Å². The molecule has 2 aliphatic rings. The number of benzene rings is 2. The van der Waals surface area contributed by atoms with Crippen LogP contribution < -0.4 is 27.0 Å². The van der Waals surface area contributed by atoms with Crippen LogP contribution >= 0.6 is 0 Å². The van der Waals surface area contributed by atoms with Gasteiger partial charge in [0.1, 0.15) is 30.2 Å². The summed E-state index contributed by atoms with van der Waals surface area (Å²) in [6.45, 7) is 1.13. The molecule has 1 unspecified atom stereocenters. The first-order valence-electron chi connectivity index (χ1n) is 15.1. The first-order valence-corrected chi connectivity index (χ1v) is 15.1. The molecule has 6 N–H and O–H groups in total. The molecule has 15 heteroatoms. The van der Waals surface area contributed by atoms with E-state index in [-0.39, 0.29) is 49.6 Å². The topological polar surface area (TPSA) is 166 Å². The second kappa shape index (κ2) is 15.7. The molecule has 2 aromatic carbocycles. The lowest BCUT2D eigenvalue weighted by atomic mass is 9.85. The van der Waals surface area contributed by atoms with E-state index in [0.29, 0.717) is 30.6 Å². The maximum absolute atomic E-state index is 15.0. The van der Waals surface area contributed by atoms with Crippen molar-refractivity contribution in [3.8, 4) is 0 Å². The second-order valence-corrected chi connectivity index (χ2v) is 11.2. The number of carbonyl (C=O) groups is 3. The van der Waals surface area contributed by atoms with E-state index in [9.17, 15) is 27.6 Å². The van der Waals surface area contributed by atoms with Crippen LogP contribution in [0.1, 0.15) is 29.0 Å². The average molecular weight is 657 g/mol. The van der Waals surface area contributed by atoms with Crippen LogP contribution in [0.4, 0.5) is 28.4 Å². The van der Waals surface area contributed by atoms with Crippen molar-refractivity contribution in [1.29, 1.82) is 0 Å². The molecule has 2 saturated heterocycles. The molecule has 1 aromatic heterocycles. The Morgan fingerprint density at radius 2 is 1.68 bits per heavy atom. The Morgan fingerprint density at radius 1 is 1.00 bits per heavy atom. The van der Waals surface area contributed by atoms with Gasteiger partial charge in [0.05, 0.1) is 56.0 Å². The van der Waals surface area contributed by atoms with Crippen molar-refractivity contribution in [2.24, 2.45) is 5.73 Å². The van der Waals surface area contributed by atoms with Crippen LogP contribution in [0.15, 0.2) is 60.9 Å². The summed E-state index contributed by atoms with van der Waals surface area (Å²) in [5.74, 6) is -2.94. The fourth-order valence-corrected chi connectivity index (χ4v) is 5.37. The first kappa shape index (κ1) is 33.6. The molecule has 2 aliphatic heterocycles. The van der Waals surface area contributed by atoms with Gasteiger partial charge in [-0.2, -0.15) is 0 Å². The van der Waals surface area contributed by atoms with E-state index in [2.05, 4.69) is 26.3 Å². The maximum atomic E-state index is 15.0. The quantitative estimate of drug-likeness (QED) is 0.197. The maximum Gasteiger partial charge on any atom is 0.407 e. The molecule has 0 bridgehead atoms. The minimum atomic E-state index is -1.20. The number of alkyl carbamates (subject to hydrolysis) is 2. The zero-order valence-corrected chi connectivity index (χ0v) is 25.2. The number of halogens is 3. The van der Waals surface area contributed by atoms with Gasteiger partial charge in [0, 0.05) is 18.0 Å². The van der Waals surface area contributed by atoms with Gasteiger partial charge in [-0.1, -0.05) is 24.3 Å². The summed E-state index contributed by atoms with van der Waals surface area (Å²) in [5.41, 5.74) is 7.88. The molecule has 3 aromatic rings. The summed E-state index contributed by atoms with van der Waals surface area (Å²) >= 11 is 0. The predicted molar refractivity (Wildman–Crippen MR) is 163 cm³/mol. The molecular weight excluding hydrogens is 621 g/mol. The van der Waals surface area contributed by atoms with E-state index in [1.165, 1.54) is 54.7 Å². The molecule has 0 spiro atoms. The number of cyclic esters (lactones) is 1. The molecule has 5 rings (SSSR count). The highest BCUT2D eigenvalue weighted by Crippen LogP contribution is 2.29. The number of morpholine rings is 1. The van der Waals surface area contributed by atoms with Crippen molar-refractivity contribution >= 4 is 23.8 Å². The highest BCUT2D eigenvalue weighted by Gasteiger charge is 2.30. The Balaban J connectivity index is 1.14. The second-order valence-electron chi connectivity index (χ2n) is 11.2. The highest BCUT2D eigenvalue weighted by atomic mass is 19.1. The lowest BCUT2D eigenvalue weighted by Crippen LogP contribution is -2.49. The van der Waals surface area contributed by atoms with Gasteiger partial charge in [-0.25, -0.2) is 22.8 Å². The van der Waals surface area contributed by atoms with Crippen LogP contribution in [0.25, 0.3) is 0 Å². The fraction of sp³-hybridized carbons (Fsp3) is 0.375. The number of nitrogens with zero attached hydrogens (tertiary/aromatic N) is 1. The van der Waals surface area contributed by atoms with Crippen LogP contribution in [0, 0.1) is 17.5 Å². The summed E-state index contributed by atoms with van der Waals surface area (Å²) < 4.78 is 58.3. The number of amides is 3. The summed E-state index contributed by atoms with van der Waals surface area (Å²) in [6, 6.07) is 9.54. The van der Waals surface area contributed by atoms with Crippen LogP contribution in [-0.4, -0.2) is 80.2 Å². The minimum absolute atomic E-state index is 0.0491. The largest absolute Gasteiger partial charge is 0.448 e. The normalized spacial score (nSPS) is 19.9. The Hall–Kier alpha value is -4.73. The van der Waals surface area contributed by atoms with Gasteiger partial charge < -0.3 is 41.2 Å². The third-order valence-electron chi connectivity index (χ3n) is 7.90. The molecule has 0 aliphatic carbocycles. The van der Waals surface area contributed by atoms with Crippen molar-refractivity contribution in [1.82, 2.24) is 20.9 Å². The number of carbonyl (C=O) groups excluding carboxylic acids is 3. The Labute approximate surface area is 268 Å². The number of hydrogen-bond donors (Lipinski definition) is 5. The summed E-state index contributed by atoms with van der Waals surface area (Å²) in [5, 5.41) is 11.0. The number of nitrogens with two attached hydrogens (primary N) is 1. The molecule has 4 atom stereocenters. The lowest BCUT2D eigenvalue weighted by Gasteiger charge is -2.30. The third-order valence-corrected chi connectivity index (χ3v) is 7.90. The van der Waals surface area contributed by atoms with Crippen LogP contribution in [0.5, 0.6) is 0 Å². The molecule has 12 nitrogen and oxygen atoms in total. The average Bonchev–Trinajstić information content (AvgIpc) is 3.49. The number of aromatic nitrogens is 1. The summed E-state index contributed by atoms with van der Waals surface area (Å²) in [4.78, 5) is 40.3. The van der Waals surface area contributed by atoms with E-state index in [0.717, 1.165) is 6.20 Å². The highest BCUT2D eigenvalue weighted by molar-refractivity contribution is 5.96. The Kier molecular flexibility index (Phi) is 11.2. The SMILES string of the molecule is N[C@H](C(=O)Nc1cncc(F)c1CC[C@@H]1CN[C@H](COC(=O)NCC2CNC(=O)O2)CO1)C(c1ccc(F)cc1)c1ccc(F)cc1. The summed E-state index contributed by atoms with van der Waals surface area (Å²) in [7, 11) is 0. The van der Waals surface area contributed by atoms with Crippen molar-refractivity contribution in [3.05, 3.63) is 95.1 Å². The number of rotatable bonds is 12. The lowest BCUT2D eigenvalue weighted by molar-refractivity contribution is -0.117. The van der Waals surface area contributed by atoms with Crippen molar-refractivity contribution in [2.75, 3.05) is 38.2 Å². The van der Waals surface area contributed by atoms with Crippen molar-refractivity contribution in [3.63, 3.8) is 0 Å². The van der Waals surface area contributed by atoms with Crippen molar-refractivity contribution in [2.45, 2.75) is 43.1 Å². The van der Waals surface area contributed by atoms with Gasteiger partial charge in [-0.15, -0.1) is 0 Å². The van der Waals surface area contributed by atoms with Gasteiger partial charge >= 0.3 is 12.2 Å². The monoisotopic (exact) mass is 656 g/mol. The summed E-state index contributed by atoms with van der Waals surface area (Å²) in [6.07, 6.45) is 1.06. The molecule has 0 radical (unpaired) electrons. The third kappa shape index (κ3) is 9.18. The van der Waals surface area contributed by atoms with Crippen LogP contribution in [0.2, 0.25) is 0 Å². The Bertz CT molecular complexity index is 1490. The number of anilines is 1. The molecule has 2 fully saturated rings. The zero-order valence-electron chi connectivity index (χ0n) is 25.2. The molecule has 47 heavy (non-hydrogen) atoms. The standard InChI is InChI=1S/C32H35F3N6O6/c33-20-5-1-18(2-6-20)28(19-3-7-21(34)8-4-19)29(36)30(42)41-27-15-37-14-26(35)25(27)10-9-23-11-38-22(16-45-23)17-46-31(43)39-12-24-13-40-32(44)47-24/h1-8,14-15,22-24,28-29,38H,9-13,16-17,36H2,(H,39,43)(H,40,44)(H,41,42)/t22-,23+,24?,29-/m0/s1. The first-order chi connectivity index (χ1) is 22.7. The van der Waals surface area contributed by atoms with E-state index >= 15 is 0 Å². The van der Waals surface area contributed by atoms with Crippen LogP contribution in [0.3, 0.4) is 0 Å². The fourth-order valence-electron chi connectivity index (χ4n) is 5.37. The van der Waals surface area contributed by atoms with Gasteiger partial charge in [0.15, 0.2) is 0 Å². The predicted octanol–water partition coefficient (Wildman–Crippen LogP) is 2.72. The molecule has 3 amide bonds. The number of pyridine rings is 1. The number of hydrogen-bond acceptors (Lipinski definition) is 9. The van der Waals surface area contributed by atoms with E-state index in [1.807, 2.05) is 0 Å². The van der Waals surface area contributed by atoms with E-state index < -0.39 is 53.6 Å². The van der Waals surface area contributed by atoms with Gasteiger partial charge in [-0.3, -0.25) is 9.78 Å². The molecule has 0 saturated carbocycles. The van der Waals surface area contributed by atoms with Gasteiger partial charge in [0.25, 0.3) is 0 Å². The van der Waals surface area contributed by atoms with Gasteiger partial charge in [-0.05, 0) is 48.2 Å². The molecular formula is C32H35F3N6O6. The van der Waals surface area contributed by atoms with E-state index in [1.54, 1.807) is 0 Å². The smallest absolute Gasteiger partial charge is 0.407 e. The Morgan fingerprint density at radius 3 is 2.28 bits per heavy atom. The van der Waals surface area contributed by atoms with Crippen LogP contribution in [-0.2, 0) is 25.4 Å². The molecule has 250 valence electrons. The number of ether oxygens (including phenoxy) is 3. The zero-order chi connectivity index (χ0) is 33.3. The molecule has 3 heterocycles. The minimum Gasteiger partial charge on any atom is -0.448 e. The number of nitrogens with one attached hydrogen (secondary N) is 4.